The van der Waals surface area contributed by atoms with Crippen LogP contribution in [0.25, 0.3) is 0 Å². The van der Waals surface area contributed by atoms with E-state index in [1.54, 1.807) is 16.8 Å². The average Bonchev–Trinajstić information content (AvgIpc) is 2.83. The van der Waals surface area contributed by atoms with Crippen molar-refractivity contribution in [2.75, 3.05) is 7.11 Å². The fourth-order valence-corrected chi connectivity index (χ4v) is 2.15. The number of aliphatic hydroxyl groups excluding tert-OH is 1. The van der Waals surface area contributed by atoms with Gasteiger partial charge in [-0.3, -0.25) is 4.68 Å². The van der Waals surface area contributed by atoms with Crippen LogP contribution < -0.4 is 4.74 Å². The first kappa shape index (κ1) is 14.0. The first-order valence-corrected chi connectivity index (χ1v) is 6.60. The molecule has 0 aliphatic carbocycles. The highest BCUT2D eigenvalue weighted by Gasteiger charge is 2.21. The minimum absolute atomic E-state index is 0.361. The molecule has 1 heterocycles. The lowest BCUT2D eigenvalue weighted by Gasteiger charge is -2.15. The number of aromatic nitrogens is 2. The monoisotopic (exact) mass is 328 g/mol. The van der Waals surface area contributed by atoms with Crippen LogP contribution in [0.2, 0.25) is 0 Å². The van der Waals surface area contributed by atoms with Crippen molar-refractivity contribution in [2.45, 2.75) is 19.6 Å². The molecule has 2 rings (SSSR count). The lowest BCUT2D eigenvalue weighted by molar-refractivity contribution is 0.202. The van der Waals surface area contributed by atoms with E-state index in [4.69, 9.17) is 4.74 Å². The quantitative estimate of drug-likeness (QED) is 0.938. The summed E-state index contributed by atoms with van der Waals surface area (Å²) < 4.78 is 20.7. The fraction of sp³-hybridized carbons (Fsp3) is 0.308. The van der Waals surface area contributed by atoms with Gasteiger partial charge in [0.25, 0.3) is 0 Å². The first-order valence-electron chi connectivity index (χ1n) is 5.81. The molecule has 6 heteroatoms. The Bertz CT molecular complexity index is 565. The second-order valence-corrected chi connectivity index (χ2v) is 4.84. The zero-order valence-corrected chi connectivity index (χ0v) is 12.2. The molecule has 4 nitrogen and oxygen atoms in total. The zero-order chi connectivity index (χ0) is 14.0. The van der Waals surface area contributed by atoms with Gasteiger partial charge in [-0.05, 0) is 40.5 Å². The third kappa shape index (κ3) is 2.64. The molecule has 1 atom stereocenters. The molecular weight excluding hydrogens is 315 g/mol. The maximum absolute atomic E-state index is 13.5. The SMILES string of the molecule is CCn1ncc(OC)c1C(O)c1ccc(Br)c(F)c1. The van der Waals surface area contributed by atoms with Crippen LogP contribution in [-0.2, 0) is 6.54 Å². The maximum atomic E-state index is 13.5. The predicted octanol–water partition coefficient (Wildman–Crippen LogP) is 2.89. The Balaban J connectivity index is 2.45. The summed E-state index contributed by atoms with van der Waals surface area (Å²) in [5.74, 6) is 0.0655. The van der Waals surface area contributed by atoms with Crippen LogP contribution in [0.15, 0.2) is 28.9 Å². The molecule has 0 amide bonds. The molecule has 2 aromatic rings. The summed E-state index contributed by atoms with van der Waals surface area (Å²) in [4.78, 5) is 0. The summed E-state index contributed by atoms with van der Waals surface area (Å²) in [6, 6.07) is 4.51. The largest absolute Gasteiger partial charge is 0.493 e. The molecule has 0 aliphatic heterocycles. The maximum Gasteiger partial charge on any atom is 0.163 e. The van der Waals surface area contributed by atoms with E-state index in [9.17, 15) is 9.50 Å². The number of hydrogen-bond acceptors (Lipinski definition) is 3. The number of nitrogens with zero attached hydrogens (tertiary/aromatic N) is 2. The summed E-state index contributed by atoms with van der Waals surface area (Å²) in [6.07, 6.45) is 0.553. The number of hydrogen-bond donors (Lipinski definition) is 1. The van der Waals surface area contributed by atoms with Gasteiger partial charge >= 0.3 is 0 Å². The van der Waals surface area contributed by atoms with Crippen LogP contribution >= 0.6 is 15.9 Å². The number of benzene rings is 1. The Labute approximate surface area is 118 Å². The van der Waals surface area contributed by atoms with Crippen molar-refractivity contribution >= 4 is 15.9 Å². The van der Waals surface area contributed by atoms with Crippen molar-refractivity contribution in [1.29, 1.82) is 0 Å². The van der Waals surface area contributed by atoms with Gasteiger partial charge in [0.2, 0.25) is 0 Å². The lowest BCUT2D eigenvalue weighted by atomic mass is 10.1. The number of aliphatic hydroxyl groups is 1. The molecule has 19 heavy (non-hydrogen) atoms. The molecule has 0 radical (unpaired) electrons. The summed E-state index contributed by atoms with van der Waals surface area (Å²) in [7, 11) is 1.51. The van der Waals surface area contributed by atoms with Gasteiger partial charge in [-0.15, -0.1) is 0 Å². The Hall–Kier alpha value is -1.40. The topological polar surface area (TPSA) is 47.3 Å². The molecule has 1 unspecified atom stereocenters. The molecule has 1 N–H and O–H groups in total. The van der Waals surface area contributed by atoms with Gasteiger partial charge in [0.15, 0.2) is 5.75 Å². The Kier molecular flexibility index (Phi) is 4.21. The fourth-order valence-electron chi connectivity index (χ4n) is 1.90. The number of aryl methyl sites for hydroxylation is 1. The molecule has 0 spiro atoms. The van der Waals surface area contributed by atoms with Gasteiger partial charge in [0.05, 0.1) is 17.8 Å². The Morgan fingerprint density at radius 1 is 1.53 bits per heavy atom. The molecule has 0 saturated carbocycles. The average molecular weight is 329 g/mol. The molecule has 0 saturated heterocycles. The summed E-state index contributed by atoms with van der Waals surface area (Å²) in [6.45, 7) is 2.50. The third-order valence-electron chi connectivity index (χ3n) is 2.88. The van der Waals surface area contributed by atoms with Crippen molar-refractivity contribution in [3.8, 4) is 5.75 Å². The summed E-state index contributed by atoms with van der Waals surface area (Å²) in [5, 5.41) is 14.5. The van der Waals surface area contributed by atoms with E-state index in [0.29, 0.717) is 28.0 Å². The third-order valence-corrected chi connectivity index (χ3v) is 3.53. The predicted molar refractivity (Wildman–Crippen MR) is 72.6 cm³/mol. The minimum atomic E-state index is -0.986. The smallest absolute Gasteiger partial charge is 0.163 e. The van der Waals surface area contributed by atoms with Crippen LogP contribution in [0.1, 0.15) is 24.3 Å². The van der Waals surface area contributed by atoms with Gasteiger partial charge in [0, 0.05) is 6.54 Å². The van der Waals surface area contributed by atoms with E-state index in [-0.39, 0.29) is 0 Å². The standard InChI is InChI=1S/C13H14BrFN2O2/c1-3-17-12(11(19-2)7-16-17)13(18)8-4-5-9(14)10(15)6-8/h4-7,13,18H,3H2,1-2H3. The summed E-state index contributed by atoms with van der Waals surface area (Å²) >= 11 is 3.08. The number of halogens is 2. The highest BCUT2D eigenvalue weighted by atomic mass is 79.9. The zero-order valence-electron chi connectivity index (χ0n) is 10.6. The van der Waals surface area contributed by atoms with Crippen molar-refractivity contribution in [1.82, 2.24) is 9.78 Å². The molecule has 0 aliphatic rings. The van der Waals surface area contributed by atoms with Gasteiger partial charge in [-0.25, -0.2) is 4.39 Å². The molecule has 1 aromatic carbocycles. The highest BCUT2D eigenvalue weighted by molar-refractivity contribution is 9.10. The van der Waals surface area contributed by atoms with Crippen LogP contribution in [0.3, 0.4) is 0 Å². The van der Waals surface area contributed by atoms with Crippen molar-refractivity contribution in [3.63, 3.8) is 0 Å². The molecular formula is C13H14BrFN2O2. The number of rotatable bonds is 4. The van der Waals surface area contributed by atoms with Crippen LogP contribution in [0.5, 0.6) is 5.75 Å². The van der Waals surface area contributed by atoms with Crippen LogP contribution in [0.4, 0.5) is 4.39 Å². The van der Waals surface area contributed by atoms with E-state index in [0.717, 1.165) is 0 Å². The Morgan fingerprint density at radius 2 is 2.26 bits per heavy atom. The number of ether oxygens (including phenoxy) is 1. The van der Waals surface area contributed by atoms with Gasteiger partial charge < -0.3 is 9.84 Å². The minimum Gasteiger partial charge on any atom is -0.493 e. The molecule has 0 fully saturated rings. The lowest BCUT2D eigenvalue weighted by Crippen LogP contribution is -2.10. The van der Waals surface area contributed by atoms with Gasteiger partial charge in [-0.2, -0.15) is 5.10 Å². The second kappa shape index (κ2) is 5.71. The van der Waals surface area contributed by atoms with E-state index in [2.05, 4.69) is 21.0 Å². The van der Waals surface area contributed by atoms with E-state index in [1.165, 1.54) is 19.4 Å². The van der Waals surface area contributed by atoms with Crippen LogP contribution in [-0.4, -0.2) is 22.0 Å². The van der Waals surface area contributed by atoms with Crippen molar-refractivity contribution in [2.24, 2.45) is 0 Å². The van der Waals surface area contributed by atoms with Crippen LogP contribution in [0, 0.1) is 5.82 Å². The van der Waals surface area contributed by atoms with Gasteiger partial charge in [-0.1, -0.05) is 6.07 Å². The van der Waals surface area contributed by atoms with Crippen molar-refractivity contribution < 1.29 is 14.2 Å². The van der Waals surface area contributed by atoms with E-state index >= 15 is 0 Å². The Morgan fingerprint density at radius 3 is 2.84 bits per heavy atom. The molecule has 1 aromatic heterocycles. The summed E-state index contributed by atoms with van der Waals surface area (Å²) in [5.41, 5.74) is 0.973. The van der Waals surface area contributed by atoms with Gasteiger partial charge in [0.1, 0.15) is 17.6 Å². The first-order chi connectivity index (χ1) is 9.08. The normalized spacial score (nSPS) is 12.5. The highest BCUT2D eigenvalue weighted by Crippen LogP contribution is 2.31. The molecule has 0 bridgehead atoms. The van der Waals surface area contributed by atoms with Crippen molar-refractivity contribution in [3.05, 3.63) is 45.9 Å². The molecule has 102 valence electrons. The number of methoxy groups -OCH3 is 1. The van der Waals surface area contributed by atoms with E-state index in [1.807, 2.05) is 6.92 Å². The second-order valence-electron chi connectivity index (χ2n) is 3.99. The van der Waals surface area contributed by atoms with E-state index < -0.39 is 11.9 Å².